The largest absolute Gasteiger partial charge is 0.490 e. The first-order valence-corrected chi connectivity index (χ1v) is 10.3. The van der Waals surface area contributed by atoms with Gasteiger partial charge in [0.15, 0.2) is 11.5 Å². The summed E-state index contributed by atoms with van der Waals surface area (Å²) in [5.74, 6) is 2.62. The molecule has 9 heteroatoms. The minimum atomic E-state index is -0.489. The highest BCUT2D eigenvalue weighted by atomic mass is 32.2. The molecule has 30 heavy (non-hydrogen) atoms. The number of morpholine rings is 1. The maximum atomic E-state index is 12.7. The van der Waals surface area contributed by atoms with Gasteiger partial charge in [-0.05, 0) is 42.5 Å². The van der Waals surface area contributed by atoms with Gasteiger partial charge in [0.1, 0.15) is 13.2 Å². The Morgan fingerprint density at radius 2 is 2.03 bits per heavy atom. The predicted molar refractivity (Wildman–Crippen MR) is 112 cm³/mol. The summed E-state index contributed by atoms with van der Waals surface area (Å²) in [5.41, 5.74) is 0.663. The summed E-state index contributed by atoms with van der Waals surface area (Å²) in [6.45, 7) is 3.93. The second-order valence-corrected chi connectivity index (χ2v) is 7.39. The standard InChI is InChI=1S/C21H22N2O6S/c1-3-9-29-16-6-5-15(12-17(16)28-4-2)13-18-20(25)23(21(26)30-18)14-19(24)22-7-10-27-11-8-22/h1,5-6,12-13H,4,7-11,14H2,2H3/b18-13+. The lowest BCUT2D eigenvalue weighted by Crippen LogP contribution is -2.46. The highest BCUT2D eigenvalue weighted by molar-refractivity contribution is 8.18. The Hall–Kier alpha value is -2.96. The number of ether oxygens (including phenoxy) is 3. The molecular weight excluding hydrogens is 408 g/mol. The third-order valence-electron chi connectivity index (χ3n) is 4.41. The van der Waals surface area contributed by atoms with Crippen LogP contribution in [0.2, 0.25) is 0 Å². The molecule has 0 aliphatic carbocycles. The molecule has 158 valence electrons. The molecule has 1 aromatic rings. The average molecular weight is 430 g/mol. The molecule has 0 saturated carbocycles. The number of benzene rings is 1. The maximum absolute atomic E-state index is 12.7. The van der Waals surface area contributed by atoms with Crippen LogP contribution < -0.4 is 9.47 Å². The van der Waals surface area contributed by atoms with Gasteiger partial charge in [-0.2, -0.15) is 0 Å². The van der Waals surface area contributed by atoms with Crippen molar-refractivity contribution >= 4 is 34.9 Å². The lowest BCUT2D eigenvalue weighted by atomic mass is 10.2. The number of carbonyl (C=O) groups excluding carboxylic acids is 3. The quantitative estimate of drug-likeness (QED) is 0.483. The Bertz CT molecular complexity index is 901. The van der Waals surface area contributed by atoms with Gasteiger partial charge in [0.2, 0.25) is 5.91 Å². The second-order valence-electron chi connectivity index (χ2n) is 6.39. The van der Waals surface area contributed by atoms with Crippen molar-refractivity contribution in [3.8, 4) is 23.8 Å². The number of rotatable bonds is 7. The molecule has 0 spiro atoms. The van der Waals surface area contributed by atoms with Gasteiger partial charge in [-0.25, -0.2) is 0 Å². The zero-order chi connectivity index (χ0) is 21.5. The number of imide groups is 1. The van der Waals surface area contributed by atoms with Crippen molar-refractivity contribution in [3.05, 3.63) is 28.7 Å². The smallest absolute Gasteiger partial charge is 0.294 e. The van der Waals surface area contributed by atoms with E-state index >= 15 is 0 Å². The van der Waals surface area contributed by atoms with E-state index in [-0.39, 0.29) is 24.0 Å². The molecule has 0 radical (unpaired) electrons. The summed E-state index contributed by atoms with van der Waals surface area (Å²) < 4.78 is 16.2. The average Bonchev–Trinajstić information content (AvgIpc) is 3.01. The van der Waals surface area contributed by atoms with Crippen LogP contribution in [0.25, 0.3) is 6.08 Å². The number of carbonyl (C=O) groups is 3. The van der Waals surface area contributed by atoms with E-state index in [2.05, 4.69) is 5.92 Å². The molecule has 2 heterocycles. The Morgan fingerprint density at radius 3 is 2.73 bits per heavy atom. The zero-order valence-corrected chi connectivity index (χ0v) is 17.4. The van der Waals surface area contributed by atoms with Crippen LogP contribution in [-0.4, -0.2) is 72.9 Å². The summed E-state index contributed by atoms with van der Waals surface area (Å²) >= 11 is 0.807. The van der Waals surface area contributed by atoms with Crippen LogP contribution in [0.5, 0.6) is 11.5 Å². The lowest BCUT2D eigenvalue weighted by molar-refractivity contribution is -0.139. The molecule has 8 nitrogen and oxygen atoms in total. The molecule has 2 saturated heterocycles. The van der Waals surface area contributed by atoms with E-state index in [1.54, 1.807) is 29.2 Å². The Balaban J connectivity index is 1.73. The van der Waals surface area contributed by atoms with E-state index in [1.807, 2.05) is 6.92 Å². The minimum absolute atomic E-state index is 0.107. The van der Waals surface area contributed by atoms with Crippen LogP contribution in [0.15, 0.2) is 23.1 Å². The SMILES string of the molecule is C#CCOc1ccc(/C=C2/SC(=O)N(CC(=O)N3CCOCC3)C2=O)cc1OCC. The monoisotopic (exact) mass is 430 g/mol. The number of hydrogen-bond donors (Lipinski definition) is 0. The molecule has 2 aliphatic heterocycles. The zero-order valence-electron chi connectivity index (χ0n) is 16.6. The maximum Gasteiger partial charge on any atom is 0.294 e. The van der Waals surface area contributed by atoms with Gasteiger partial charge in [0.05, 0.1) is 24.7 Å². The number of hydrogen-bond acceptors (Lipinski definition) is 7. The Kier molecular flexibility index (Phi) is 7.38. The van der Waals surface area contributed by atoms with Crippen LogP contribution >= 0.6 is 11.8 Å². The highest BCUT2D eigenvalue weighted by Gasteiger charge is 2.37. The lowest BCUT2D eigenvalue weighted by Gasteiger charge is -2.28. The number of amides is 3. The van der Waals surface area contributed by atoms with Crippen molar-refractivity contribution in [2.45, 2.75) is 6.92 Å². The molecule has 3 amide bonds. The summed E-state index contributed by atoms with van der Waals surface area (Å²) in [4.78, 5) is 40.2. The van der Waals surface area contributed by atoms with Gasteiger partial charge < -0.3 is 19.1 Å². The van der Waals surface area contributed by atoms with Crippen molar-refractivity contribution in [1.29, 1.82) is 0 Å². The highest BCUT2D eigenvalue weighted by Crippen LogP contribution is 2.34. The minimum Gasteiger partial charge on any atom is -0.490 e. The van der Waals surface area contributed by atoms with Crippen molar-refractivity contribution in [1.82, 2.24) is 9.80 Å². The first-order valence-electron chi connectivity index (χ1n) is 9.47. The van der Waals surface area contributed by atoms with E-state index < -0.39 is 11.1 Å². The van der Waals surface area contributed by atoms with Gasteiger partial charge in [0, 0.05) is 13.1 Å². The van der Waals surface area contributed by atoms with Crippen molar-refractivity contribution in [3.63, 3.8) is 0 Å². The molecule has 0 atom stereocenters. The van der Waals surface area contributed by atoms with Crippen molar-refractivity contribution < 1.29 is 28.6 Å². The normalized spacial score (nSPS) is 17.9. The molecule has 2 fully saturated rings. The first-order chi connectivity index (χ1) is 14.5. The van der Waals surface area contributed by atoms with Gasteiger partial charge >= 0.3 is 0 Å². The fraction of sp³-hybridized carbons (Fsp3) is 0.381. The fourth-order valence-corrected chi connectivity index (χ4v) is 3.80. The summed E-state index contributed by atoms with van der Waals surface area (Å²) in [5, 5.41) is -0.466. The van der Waals surface area contributed by atoms with Gasteiger partial charge in [-0.15, -0.1) is 6.42 Å². The van der Waals surface area contributed by atoms with Crippen molar-refractivity contribution in [2.24, 2.45) is 0 Å². The first kappa shape index (κ1) is 21.7. The van der Waals surface area contributed by atoms with Crippen LogP contribution in [-0.2, 0) is 14.3 Å². The Labute approximate surface area is 179 Å². The van der Waals surface area contributed by atoms with Crippen LogP contribution in [0.4, 0.5) is 4.79 Å². The fourth-order valence-electron chi connectivity index (χ4n) is 2.96. The predicted octanol–water partition coefficient (Wildman–Crippen LogP) is 1.99. The number of thioether (sulfide) groups is 1. The number of nitrogens with zero attached hydrogens (tertiary/aromatic N) is 2. The summed E-state index contributed by atoms with van der Waals surface area (Å²) in [6, 6.07) is 5.14. The molecule has 0 N–H and O–H groups in total. The second kappa shape index (κ2) is 10.2. The van der Waals surface area contributed by atoms with Crippen molar-refractivity contribution in [2.75, 3.05) is 46.1 Å². The van der Waals surface area contributed by atoms with E-state index in [0.717, 1.165) is 16.7 Å². The van der Waals surface area contributed by atoms with Crippen LogP contribution in [0.1, 0.15) is 12.5 Å². The van der Waals surface area contributed by atoms with Crippen LogP contribution in [0, 0.1) is 12.3 Å². The topological polar surface area (TPSA) is 85.4 Å². The molecule has 0 bridgehead atoms. The van der Waals surface area contributed by atoms with Gasteiger partial charge in [-0.3, -0.25) is 19.3 Å². The third kappa shape index (κ3) is 5.14. The summed E-state index contributed by atoms with van der Waals surface area (Å²) in [7, 11) is 0. The van der Waals surface area contributed by atoms with E-state index in [1.165, 1.54) is 0 Å². The van der Waals surface area contributed by atoms with E-state index in [9.17, 15) is 14.4 Å². The van der Waals surface area contributed by atoms with Gasteiger partial charge in [0.25, 0.3) is 11.1 Å². The molecule has 2 aliphatic rings. The molecular formula is C21H22N2O6S. The molecule has 3 rings (SSSR count). The van der Waals surface area contributed by atoms with E-state index in [0.29, 0.717) is 50.0 Å². The number of terminal acetylenes is 1. The third-order valence-corrected chi connectivity index (χ3v) is 5.31. The van der Waals surface area contributed by atoms with Crippen LogP contribution in [0.3, 0.4) is 0 Å². The van der Waals surface area contributed by atoms with Gasteiger partial charge in [-0.1, -0.05) is 12.0 Å². The molecule has 0 aromatic heterocycles. The summed E-state index contributed by atoms with van der Waals surface area (Å²) in [6.07, 6.45) is 6.82. The Morgan fingerprint density at radius 1 is 1.27 bits per heavy atom. The molecule has 0 unspecified atom stereocenters. The molecule has 1 aromatic carbocycles. The van der Waals surface area contributed by atoms with E-state index in [4.69, 9.17) is 20.6 Å².